The van der Waals surface area contributed by atoms with E-state index in [0.717, 1.165) is 23.1 Å². The number of fused-ring (bicyclic) bond motifs is 2. The summed E-state index contributed by atoms with van der Waals surface area (Å²) in [6.07, 6.45) is 5.32. The van der Waals surface area contributed by atoms with E-state index in [2.05, 4.69) is 10.6 Å². The molecule has 4 nitrogen and oxygen atoms in total. The highest BCUT2D eigenvalue weighted by Crippen LogP contribution is 2.44. The molecule has 2 bridgehead atoms. The lowest BCUT2D eigenvalue weighted by atomic mass is 9.95. The van der Waals surface area contributed by atoms with Crippen molar-refractivity contribution in [1.29, 1.82) is 0 Å². The molecule has 0 aliphatic heterocycles. The first-order chi connectivity index (χ1) is 11.1. The Morgan fingerprint density at radius 2 is 2.17 bits per heavy atom. The van der Waals surface area contributed by atoms with Gasteiger partial charge in [-0.15, -0.1) is 0 Å². The molecule has 0 spiro atoms. The predicted octanol–water partition coefficient (Wildman–Crippen LogP) is 3.65. The molecule has 2 saturated carbocycles. The van der Waals surface area contributed by atoms with Gasteiger partial charge in [-0.1, -0.05) is 6.42 Å². The molecule has 2 fully saturated rings. The van der Waals surface area contributed by atoms with Crippen molar-refractivity contribution < 1.29 is 9.53 Å². The Hall–Kier alpha value is -1.62. The van der Waals surface area contributed by atoms with Crippen LogP contribution < -0.4 is 10.6 Å². The molecular weight excluding hydrogens is 308 g/mol. The number of nitrogens with one attached hydrogen (secondary N) is 2. The maximum absolute atomic E-state index is 11.8. The van der Waals surface area contributed by atoms with Crippen molar-refractivity contribution >= 4 is 29.0 Å². The van der Waals surface area contributed by atoms with Gasteiger partial charge in [-0.2, -0.15) is 0 Å². The van der Waals surface area contributed by atoms with E-state index < -0.39 is 0 Å². The van der Waals surface area contributed by atoms with Crippen molar-refractivity contribution in [2.45, 2.75) is 45.6 Å². The van der Waals surface area contributed by atoms with Gasteiger partial charge < -0.3 is 15.4 Å². The fourth-order valence-corrected chi connectivity index (χ4v) is 4.15. The Balaban J connectivity index is 1.59. The zero-order valence-corrected chi connectivity index (χ0v) is 14.5. The van der Waals surface area contributed by atoms with Gasteiger partial charge in [0.2, 0.25) is 0 Å². The quantitative estimate of drug-likeness (QED) is 0.651. The molecule has 3 atom stereocenters. The summed E-state index contributed by atoms with van der Waals surface area (Å²) < 4.78 is 5.02. The lowest BCUT2D eigenvalue weighted by Gasteiger charge is -2.25. The van der Waals surface area contributed by atoms with E-state index in [0.29, 0.717) is 23.3 Å². The summed E-state index contributed by atoms with van der Waals surface area (Å²) in [6, 6.07) is 6.01. The summed E-state index contributed by atoms with van der Waals surface area (Å²) in [4.78, 5) is 11.8. The number of anilines is 1. The van der Waals surface area contributed by atoms with Gasteiger partial charge in [0.25, 0.3) is 0 Å². The highest BCUT2D eigenvalue weighted by molar-refractivity contribution is 7.80. The first-order valence-corrected chi connectivity index (χ1v) is 8.83. The lowest BCUT2D eigenvalue weighted by Crippen LogP contribution is -2.40. The molecule has 5 heteroatoms. The van der Waals surface area contributed by atoms with Gasteiger partial charge in [-0.25, -0.2) is 4.79 Å². The molecule has 0 aromatic heterocycles. The molecule has 3 rings (SSSR count). The van der Waals surface area contributed by atoms with E-state index in [-0.39, 0.29) is 5.97 Å². The Kier molecular flexibility index (Phi) is 4.85. The van der Waals surface area contributed by atoms with Crippen LogP contribution in [-0.4, -0.2) is 23.7 Å². The summed E-state index contributed by atoms with van der Waals surface area (Å²) >= 11 is 5.46. The summed E-state index contributed by atoms with van der Waals surface area (Å²) in [6.45, 7) is 4.15. The SMILES string of the molecule is CCOC(=O)c1ccc(NC(=S)N[C@H]2C[C@@H]3CC[C@@H]2C3)c(C)c1. The molecule has 2 N–H and O–H groups in total. The fourth-order valence-electron chi connectivity index (χ4n) is 3.89. The maximum Gasteiger partial charge on any atom is 0.338 e. The topological polar surface area (TPSA) is 50.4 Å². The van der Waals surface area contributed by atoms with Crippen molar-refractivity contribution in [3.05, 3.63) is 29.3 Å². The third-order valence-corrected chi connectivity index (χ3v) is 5.26. The van der Waals surface area contributed by atoms with Gasteiger partial charge >= 0.3 is 5.97 Å². The highest BCUT2D eigenvalue weighted by Gasteiger charge is 2.39. The Labute approximate surface area is 143 Å². The van der Waals surface area contributed by atoms with Crippen LogP contribution in [0.25, 0.3) is 0 Å². The smallest absolute Gasteiger partial charge is 0.338 e. The van der Waals surface area contributed by atoms with Gasteiger partial charge in [0.1, 0.15) is 0 Å². The minimum Gasteiger partial charge on any atom is -0.462 e. The first kappa shape index (κ1) is 16.2. The number of carbonyl (C=O) groups is 1. The molecule has 2 aliphatic carbocycles. The van der Waals surface area contributed by atoms with Gasteiger partial charge in [0.15, 0.2) is 5.11 Å². The monoisotopic (exact) mass is 332 g/mol. The standard InChI is InChI=1S/C18H24N2O2S/c1-3-22-17(21)14-6-7-15(11(2)8-14)19-18(23)20-16-10-12-4-5-13(16)9-12/h6-8,12-13,16H,3-5,9-10H2,1-2H3,(H2,19,20,23)/t12-,13-,16+/m1/s1. The molecule has 0 unspecified atom stereocenters. The first-order valence-electron chi connectivity index (χ1n) is 8.42. The normalized spacial score (nSPS) is 25.2. The summed E-state index contributed by atoms with van der Waals surface area (Å²) in [5, 5.41) is 7.41. The average Bonchev–Trinajstić information content (AvgIpc) is 3.12. The fraction of sp³-hybridized carbons (Fsp3) is 0.556. The Morgan fingerprint density at radius 1 is 1.35 bits per heavy atom. The van der Waals surface area contributed by atoms with Crippen molar-refractivity contribution in [3.63, 3.8) is 0 Å². The molecule has 1 aromatic rings. The van der Waals surface area contributed by atoms with Gasteiger partial charge in [0.05, 0.1) is 12.2 Å². The number of carbonyl (C=O) groups excluding carboxylic acids is 1. The zero-order chi connectivity index (χ0) is 16.4. The molecule has 0 saturated heterocycles. The minimum atomic E-state index is -0.287. The van der Waals surface area contributed by atoms with Crippen LogP contribution in [0.15, 0.2) is 18.2 Å². The van der Waals surface area contributed by atoms with E-state index in [1.807, 2.05) is 19.1 Å². The van der Waals surface area contributed by atoms with Gasteiger partial charge in [0, 0.05) is 11.7 Å². The second-order valence-corrected chi connectivity index (χ2v) is 7.04. The largest absolute Gasteiger partial charge is 0.462 e. The number of hydrogen-bond donors (Lipinski definition) is 2. The van der Waals surface area contributed by atoms with Crippen molar-refractivity contribution in [2.24, 2.45) is 11.8 Å². The molecular formula is C18H24N2O2S. The second kappa shape index (κ2) is 6.87. The van der Waals surface area contributed by atoms with Crippen molar-refractivity contribution in [1.82, 2.24) is 5.32 Å². The molecule has 0 heterocycles. The third kappa shape index (κ3) is 3.66. The zero-order valence-electron chi connectivity index (χ0n) is 13.7. The number of ether oxygens (including phenoxy) is 1. The molecule has 2 aliphatic rings. The number of esters is 1. The van der Waals surface area contributed by atoms with Gasteiger partial charge in [-0.05, 0) is 80.9 Å². The summed E-state index contributed by atoms with van der Waals surface area (Å²) in [5.41, 5.74) is 2.48. The Bertz CT molecular complexity index is 617. The lowest BCUT2D eigenvalue weighted by molar-refractivity contribution is 0.0526. The van der Waals surface area contributed by atoms with Crippen LogP contribution >= 0.6 is 12.2 Å². The second-order valence-electron chi connectivity index (χ2n) is 6.63. The van der Waals surface area contributed by atoms with E-state index in [9.17, 15) is 4.79 Å². The molecule has 1 aromatic carbocycles. The summed E-state index contributed by atoms with van der Waals surface area (Å²) in [7, 11) is 0. The van der Waals surface area contributed by atoms with E-state index in [1.165, 1.54) is 25.7 Å². The van der Waals surface area contributed by atoms with Crippen LogP contribution in [0.2, 0.25) is 0 Å². The average molecular weight is 332 g/mol. The van der Waals surface area contributed by atoms with Crippen LogP contribution in [-0.2, 0) is 4.74 Å². The molecule has 0 amide bonds. The third-order valence-electron chi connectivity index (χ3n) is 5.04. The van der Waals surface area contributed by atoms with Crippen LogP contribution in [0.5, 0.6) is 0 Å². The number of rotatable bonds is 4. The molecule has 0 radical (unpaired) electrons. The van der Waals surface area contributed by atoms with E-state index in [4.69, 9.17) is 17.0 Å². The predicted molar refractivity (Wildman–Crippen MR) is 95.7 cm³/mol. The van der Waals surface area contributed by atoms with Crippen LogP contribution in [0, 0.1) is 18.8 Å². The number of hydrogen-bond acceptors (Lipinski definition) is 3. The van der Waals surface area contributed by atoms with E-state index in [1.54, 1.807) is 13.0 Å². The van der Waals surface area contributed by atoms with Crippen molar-refractivity contribution in [2.75, 3.05) is 11.9 Å². The van der Waals surface area contributed by atoms with E-state index >= 15 is 0 Å². The van der Waals surface area contributed by atoms with Crippen molar-refractivity contribution in [3.8, 4) is 0 Å². The highest BCUT2D eigenvalue weighted by atomic mass is 32.1. The Morgan fingerprint density at radius 3 is 2.78 bits per heavy atom. The molecule has 124 valence electrons. The molecule has 23 heavy (non-hydrogen) atoms. The van der Waals surface area contributed by atoms with Gasteiger partial charge in [-0.3, -0.25) is 0 Å². The van der Waals surface area contributed by atoms with Crippen LogP contribution in [0.4, 0.5) is 5.69 Å². The van der Waals surface area contributed by atoms with Crippen LogP contribution in [0.3, 0.4) is 0 Å². The maximum atomic E-state index is 11.8. The summed E-state index contributed by atoms with van der Waals surface area (Å²) in [5.74, 6) is 1.39. The minimum absolute atomic E-state index is 0.287. The number of thiocarbonyl (C=S) groups is 1. The number of aryl methyl sites for hydroxylation is 1. The number of benzene rings is 1. The van der Waals surface area contributed by atoms with Crippen LogP contribution in [0.1, 0.15) is 48.5 Å².